The molecule has 0 amide bonds. The fourth-order valence-corrected chi connectivity index (χ4v) is 3.64. The third kappa shape index (κ3) is 4.20. The maximum Gasteiger partial charge on any atom is 0.275 e. The molecule has 0 unspecified atom stereocenters. The molecule has 146 valence electrons. The predicted octanol–water partition coefficient (Wildman–Crippen LogP) is 3.78. The van der Waals surface area contributed by atoms with Gasteiger partial charge >= 0.3 is 0 Å². The lowest BCUT2D eigenvalue weighted by molar-refractivity contribution is 0.465. The molecule has 2 aromatic carbocycles. The van der Waals surface area contributed by atoms with Crippen LogP contribution < -0.4 is 5.56 Å². The highest BCUT2D eigenvalue weighted by Crippen LogP contribution is 2.30. The molecule has 7 heteroatoms. The fraction of sp³-hybridized carbons (Fsp3) is 0.238. The van der Waals surface area contributed by atoms with Crippen molar-refractivity contribution in [3.05, 3.63) is 70.9 Å². The van der Waals surface area contributed by atoms with Crippen LogP contribution in [0.2, 0.25) is 0 Å². The average Bonchev–Trinajstić information content (AvgIpc) is 2.63. The van der Waals surface area contributed by atoms with Crippen LogP contribution >= 0.6 is 0 Å². The van der Waals surface area contributed by atoms with Gasteiger partial charge in [0, 0.05) is 18.4 Å². The molecule has 0 aliphatic carbocycles. The Labute approximate surface area is 163 Å². The summed E-state index contributed by atoms with van der Waals surface area (Å²) in [5.41, 5.74) is 1.67. The first-order valence-corrected chi connectivity index (χ1v) is 10.7. The van der Waals surface area contributed by atoms with Gasteiger partial charge in [-0.15, -0.1) is 0 Å². The van der Waals surface area contributed by atoms with Crippen LogP contribution in [0.1, 0.15) is 13.8 Å². The average molecular weight is 400 g/mol. The second-order valence-electron chi connectivity index (χ2n) is 7.12. The number of nitrogens with zero attached hydrogens (tertiary/aromatic N) is 2. The van der Waals surface area contributed by atoms with Gasteiger partial charge in [-0.3, -0.25) is 4.79 Å². The molecule has 0 radical (unpaired) electrons. The zero-order chi connectivity index (χ0) is 20.5. The minimum atomic E-state index is -3.40. The minimum Gasteiger partial charge on any atom is -0.267 e. The van der Waals surface area contributed by atoms with E-state index in [1.807, 2.05) is 13.8 Å². The molecule has 1 aromatic heterocycles. The number of aromatic nitrogens is 2. The summed E-state index contributed by atoms with van der Waals surface area (Å²) in [4.78, 5) is 13.3. The lowest BCUT2D eigenvalue weighted by Crippen LogP contribution is -2.27. The summed E-state index contributed by atoms with van der Waals surface area (Å²) < 4.78 is 38.6. The summed E-state index contributed by atoms with van der Waals surface area (Å²) in [5, 5.41) is 4.27. The molecular formula is C21H21FN2O3S. The second-order valence-corrected chi connectivity index (χ2v) is 9.14. The molecule has 0 bridgehead atoms. The second kappa shape index (κ2) is 7.67. The number of hydrogen-bond donors (Lipinski definition) is 0. The standard InChI is InChI=1S/C21H21FN2O3S/c1-14(2)13-24-21(25)20(15-7-9-17(22)10-8-15)19(12-23-24)16-5-4-6-18(11-16)28(3,26)27/h4-12,14H,13H2,1-3H3. The molecule has 3 aromatic rings. The topological polar surface area (TPSA) is 69.0 Å². The van der Waals surface area contributed by atoms with E-state index in [4.69, 9.17) is 0 Å². The molecule has 5 nitrogen and oxygen atoms in total. The molecule has 0 saturated heterocycles. The third-order valence-electron chi connectivity index (χ3n) is 4.29. The van der Waals surface area contributed by atoms with Crippen molar-refractivity contribution in [2.45, 2.75) is 25.3 Å². The highest BCUT2D eigenvalue weighted by molar-refractivity contribution is 7.90. The Hall–Kier alpha value is -2.80. The molecule has 0 spiro atoms. The predicted molar refractivity (Wildman–Crippen MR) is 107 cm³/mol. The Morgan fingerprint density at radius 3 is 2.36 bits per heavy atom. The molecule has 0 atom stereocenters. The Bertz CT molecular complexity index is 1170. The zero-order valence-electron chi connectivity index (χ0n) is 15.9. The number of halogens is 1. The Balaban J connectivity index is 2.28. The van der Waals surface area contributed by atoms with Crippen molar-refractivity contribution in [3.8, 4) is 22.3 Å². The SMILES string of the molecule is CC(C)Cn1ncc(-c2cccc(S(C)(=O)=O)c2)c(-c2ccc(F)cc2)c1=O. The highest BCUT2D eigenvalue weighted by atomic mass is 32.2. The maximum atomic E-state index is 13.4. The summed E-state index contributed by atoms with van der Waals surface area (Å²) in [6.45, 7) is 4.40. The van der Waals surface area contributed by atoms with Gasteiger partial charge in [0.1, 0.15) is 5.82 Å². The lowest BCUT2D eigenvalue weighted by Gasteiger charge is -2.14. The van der Waals surface area contributed by atoms with E-state index in [1.165, 1.54) is 41.1 Å². The Morgan fingerprint density at radius 1 is 1.07 bits per heavy atom. The number of hydrogen-bond acceptors (Lipinski definition) is 4. The van der Waals surface area contributed by atoms with E-state index in [9.17, 15) is 17.6 Å². The molecular weight excluding hydrogens is 379 g/mol. The molecule has 28 heavy (non-hydrogen) atoms. The van der Waals surface area contributed by atoms with Gasteiger partial charge in [-0.05, 0) is 41.3 Å². The van der Waals surface area contributed by atoms with E-state index in [0.29, 0.717) is 28.8 Å². The summed E-state index contributed by atoms with van der Waals surface area (Å²) in [6.07, 6.45) is 2.69. The zero-order valence-corrected chi connectivity index (χ0v) is 16.7. The summed E-state index contributed by atoms with van der Waals surface area (Å²) in [5.74, 6) is -0.188. The van der Waals surface area contributed by atoms with Crippen molar-refractivity contribution in [2.75, 3.05) is 6.26 Å². The Morgan fingerprint density at radius 2 is 1.75 bits per heavy atom. The summed E-state index contributed by atoms with van der Waals surface area (Å²) in [7, 11) is -3.40. The molecule has 0 aliphatic heterocycles. The van der Waals surface area contributed by atoms with E-state index < -0.39 is 15.7 Å². The quantitative estimate of drug-likeness (QED) is 0.654. The van der Waals surface area contributed by atoms with Crippen molar-refractivity contribution in [1.29, 1.82) is 0 Å². The van der Waals surface area contributed by atoms with E-state index in [0.717, 1.165) is 6.26 Å². The minimum absolute atomic E-state index is 0.154. The molecule has 0 saturated carbocycles. The first-order chi connectivity index (χ1) is 13.2. The van der Waals surface area contributed by atoms with Crippen molar-refractivity contribution < 1.29 is 12.8 Å². The molecule has 0 fully saturated rings. The van der Waals surface area contributed by atoms with Crippen LogP contribution in [0.15, 0.2) is 64.4 Å². The number of benzene rings is 2. The molecule has 1 heterocycles. The van der Waals surface area contributed by atoms with E-state index in [1.54, 1.807) is 18.3 Å². The highest BCUT2D eigenvalue weighted by Gasteiger charge is 2.17. The molecule has 0 aliphatic rings. The molecule has 0 N–H and O–H groups in total. The van der Waals surface area contributed by atoms with E-state index >= 15 is 0 Å². The summed E-state index contributed by atoms with van der Waals surface area (Å²) >= 11 is 0. The van der Waals surface area contributed by atoms with Gasteiger partial charge < -0.3 is 0 Å². The van der Waals surface area contributed by atoms with Gasteiger partial charge in [0.2, 0.25) is 0 Å². The lowest BCUT2D eigenvalue weighted by atomic mass is 9.97. The first kappa shape index (κ1) is 19.9. The van der Waals surface area contributed by atoms with Gasteiger partial charge in [0.25, 0.3) is 5.56 Å². The number of sulfone groups is 1. The maximum absolute atomic E-state index is 13.4. The smallest absolute Gasteiger partial charge is 0.267 e. The van der Waals surface area contributed by atoms with Crippen LogP contribution in [0.3, 0.4) is 0 Å². The van der Waals surface area contributed by atoms with Crippen LogP contribution in [0.25, 0.3) is 22.3 Å². The Kier molecular flexibility index (Phi) is 5.47. The van der Waals surface area contributed by atoms with Crippen LogP contribution in [0, 0.1) is 11.7 Å². The van der Waals surface area contributed by atoms with Crippen LogP contribution in [0.4, 0.5) is 4.39 Å². The first-order valence-electron chi connectivity index (χ1n) is 8.83. The van der Waals surface area contributed by atoms with E-state index in [-0.39, 0.29) is 16.4 Å². The van der Waals surface area contributed by atoms with Gasteiger partial charge in [0.15, 0.2) is 9.84 Å². The van der Waals surface area contributed by atoms with Gasteiger partial charge in [0.05, 0.1) is 16.7 Å². The van der Waals surface area contributed by atoms with Crippen molar-refractivity contribution in [3.63, 3.8) is 0 Å². The largest absolute Gasteiger partial charge is 0.275 e. The van der Waals surface area contributed by atoms with Crippen LogP contribution in [-0.2, 0) is 16.4 Å². The van der Waals surface area contributed by atoms with E-state index in [2.05, 4.69) is 5.10 Å². The van der Waals surface area contributed by atoms with Crippen LogP contribution in [-0.4, -0.2) is 24.5 Å². The monoisotopic (exact) mass is 400 g/mol. The molecule has 3 rings (SSSR count). The van der Waals surface area contributed by atoms with Gasteiger partial charge in [-0.25, -0.2) is 17.5 Å². The summed E-state index contributed by atoms with van der Waals surface area (Å²) in [6, 6.07) is 12.0. The normalized spacial score (nSPS) is 11.8. The fourth-order valence-electron chi connectivity index (χ4n) is 2.97. The number of rotatable bonds is 5. The van der Waals surface area contributed by atoms with Crippen molar-refractivity contribution in [1.82, 2.24) is 9.78 Å². The van der Waals surface area contributed by atoms with Crippen LogP contribution in [0.5, 0.6) is 0 Å². The van der Waals surface area contributed by atoms with Crippen molar-refractivity contribution in [2.24, 2.45) is 5.92 Å². The van der Waals surface area contributed by atoms with Gasteiger partial charge in [-0.2, -0.15) is 5.10 Å². The third-order valence-corrected chi connectivity index (χ3v) is 5.40. The van der Waals surface area contributed by atoms with Gasteiger partial charge in [-0.1, -0.05) is 38.1 Å². The van der Waals surface area contributed by atoms with Crippen molar-refractivity contribution >= 4 is 9.84 Å².